The topological polar surface area (TPSA) is 31.2 Å². The van der Waals surface area contributed by atoms with Crippen LogP contribution >= 0.6 is 0 Å². The zero-order valence-corrected chi connectivity index (χ0v) is 24.2. The summed E-state index contributed by atoms with van der Waals surface area (Å²) in [7, 11) is 0. The van der Waals surface area contributed by atoms with Crippen molar-refractivity contribution >= 4 is 65.7 Å². The second-order valence-electron chi connectivity index (χ2n) is 11.7. The molecule has 0 saturated carbocycles. The number of rotatable bonds is 3. The maximum atomic E-state index is 6.21. The summed E-state index contributed by atoms with van der Waals surface area (Å²) in [6.45, 7) is 0. The van der Waals surface area contributed by atoms with Gasteiger partial charge in [-0.1, -0.05) is 97.1 Å². The Hall–Kier alpha value is -6.06. The second kappa shape index (κ2) is 9.22. The van der Waals surface area contributed by atoms with E-state index in [1.807, 2.05) is 24.3 Å². The highest BCUT2D eigenvalue weighted by atomic mass is 16.3. The van der Waals surface area contributed by atoms with Gasteiger partial charge in [-0.15, -0.1) is 0 Å². The molecule has 3 heteroatoms. The molecular formula is C42H25NO2. The van der Waals surface area contributed by atoms with Crippen molar-refractivity contribution in [2.24, 2.45) is 0 Å². The van der Waals surface area contributed by atoms with Gasteiger partial charge in [0.25, 0.3) is 0 Å². The van der Waals surface area contributed by atoms with E-state index in [0.717, 1.165) is 49.6 Å². The van der Waals surface area contributed by atoms with E-state index >= 15 is 0 Å². The van der Waals surface area contributed by atoms with Gasteiger partial charge in [-0.05, 0) is 76.9 Å². The molecule has 10 rings (SSSR count). The van der Waals surface area contributed by atoms with E-state index in [2.05, 4.69) is 132 Å². The lowest BCUT2D eigenvalue weighted by Gasteiger charge is -2.10. The van der Waals surface area contributed by atoms with Crippen molar-refractivity contribution in [1.82, 2.24) is 4.57 Å². The summed E-state index contributed by atoms with van der Waals surface area (Å²) >= 11 is 0. The fourth-order valence-corrected chi connectivity index (χ4v) is 7.24. The van der Waals surface area contributed by atoms with E-state index in [1.54, 1.807) is 0 Å². The lowest BCUT2D eigenvalue weighted by Crippen LogP contribution is -1.93. The third-order valence-electron chi connectivity index (χ3n) is 9.23. The molecule has 0 bridgehead atoms. The molecule has 0 aliphatic rings. The van der Waals surface area contributed by atoms with Gasteiger partial charge >= 0.3 is 0 Å². The summed E-state index contributed by atoms with van der Waals surface area (Å²) in [6.07, 6.45) is 0. The van der Waals surface area contributed by atoms with Gasteiger partial charge < -0.3 is 13.4 Å². The number of para-hydroxylation sites is 3. The molecule has 7 aromatic carbocycles. The first-order valence-corrected chi connectivity index (χ1v) is 15.3. The molecule has 0 saturated heterocycles. The molecule has 3 heterocycles. The maximum Gasteiger partial charge on any atom is 0.136 e. The van der Waals surface area contributed by atoms with E-state index < -0.39 is 0 Å². The maximum absolute atomic E-state index is 6.21. The highest BCUT2D eigenvalue weighted by Crippen LogP contribution is 2.41. The molecule has 45 heavy (non-hydrogen) atoms. The molecule has 0 N–H and O–H groups in total. The van der Waals surface area contributed by atoms with Crippen LogP contribution in [0, 0.1) is 0 Å². The second-order valence-corrected chi connectivity index (χ2v) is 11.7. The minimum atomic E-state index is 0.912. The predicted molar refractivity (Wildman–Crippen MR) is 186 cm³/mol. The van der Waals surface area contributed by atoms with Crippen molar-refractivity contribution in [3.63, 3.8) is 0 Å². The normalized spacial score (nSPS) is 12.0. The zero-order chi connectivity index (χ0) is 29.5. The van der Waals surface area contributed by atoms with Crippen LogP contribution in [0.1, 0.15) is 0 Å². The Morgan fingerprint density at radius 2 is 0.867 bits per heavy atom. The summed E-state index contributed by atoms with van der Waals surface area (Å²) in [4.78, 5) is 0. The molecule has 210 valence electrons. The monoisotopic (exact) mass is 575 g/mol. The van der Waals surface area contributed by atoms with E-state index in [9.17, 15) is 0 Å². The van der Waals surface area contributed by atoms with E-state index in [-0.39, 0.29) is 0 Å². The fourth-order valence-electron chi connectivity index (χ4n) is 7.24. The van der Waals surface area contributed by atoms with E-state index in [0.29, 0.717) is 0 Å². The third-order valence-corrected chi connectivity index (χ3v) is 9.23. The van der Waals surface area contributed by atoms with Crippen molar-refractivity contribution in [3.05, 3.63) is 152 Å². The van der Waals surface area contributed by atoms with Crippen LogP contribution in [0.15, 0.2) is 160 Å². The number of hydrogen-bond acceptors (Lipinski definition) is 2. The highest BCUT2D eigenvalue weighted by Gasteiger charge is 2.17. The average molecular weight is 576 g/mol. The van der Waals surface area contributed by atoms with Crippen molar-refractivity contribution in [2.45, 2.75) is 0 Å². The molecule has 0 spiro atoms. The molecule has 0 aliphatic heterocycles. The third kappa shape index (κ3) is 3.52. The molecule has 0 amide bonds. The van der Waals surface area contributed by atoms with Crippen LogP contribution in [0.25, 0.3) is 93.6 Å². The number of furan rings is 2. The van der Waals surface area contributed by atoms with Crippen molar-refractivity contribution in [2.75, 3.05) is 0 Å². The lowest BCUT2D eigenvalue weighted by molar-refractivity contribution is 0.668. The standard InChI is InChI=1S/C42H25NO2/c1-4-14-35-31(9-1)34-25-27(30-13-8-18-40-42(30)33-11-3-6-16-38(33)45-40)21-24-36(34)43(35)28-22-19-26(20-23-28)29-12-7-17-39-41(29)32-10-2-5-15-37(32)44-39/h1-25H. The first-order valence-electron chi connectivity index (χ1n) is 15.3. The number of fused-ring (bicyclic) bond motifs is 9. The Labute approximate surface area is 258 Å². The molecule has 0 radical (unpaired) electrons. The van der Waals surface area contributed by atoms with Gasteiger partial charge in [0, 0.05) is 38.0 Å². The molecule has 3 nitrogen and oxygen atoms in total. The van der Waals surface area contributed by atoms with Crippen molar-refractivity contribution < 1.29 is 8.83 Å². The van der Waals surface area contributed by atoms with Gasteiger partial charge in [0.2, 0.25) is 0 Å². The molecule has 10 aromatic rings. The molecule has 0 fully saturated rings. The molecular weight excluding hydrogens is 550 g/mol. The Morgan fingerprint density at radius 1 is 0.356 bits per heavy atom. The quantitative estimate of drug-likeness (QED) is 0.210. The van der Waals surface area contributed by atoms with Gasteiger partial charge in [0.05, 0.1) is 11.0 Å². The predicted octanol–water partition coefficient (Wildman–Crippen LogP) is 11.9. The van der Waals surface area contributed by atoms with Crippen LogP contribution in [0.4, 0.5) is 0 Å². The van der Waals surface area contributed by atoms with Gasteiger partial charge in [-0.2, -0.15) is 0 Å². The lowest BCUT2D eigenvalue weighted by atomic mass is 9.98. The van der Waals surface area contributed by atoms with Gasteiger partial charge in [0.1, 0.15) is 22.3 Å². The van der Waals surface area contributed by atoms with Crippen LogP contribution in [0.3, 0.4) is 0 Å². The number of aromatic nitrogens is 1. The van der Waals surface area contributed by atoms with Crippen LogP contribution in [-0.4, -0.2) is 4.57 Å². The highest BCUT2D eigenvalue weighted by molar-refractivity contribution is 6.15. The smallest absolute Gasteiger partial charge is 0.136 e. The van der Waals surface area contributed by atoms with Crippen LogP contribution in [-0.2, 0) is 0 Å². The average Bonchev–Trinajstić information content (AvgIpc) is 3.77. The first kappa shape index (κ1) is 24.4. The van der Waals surface area contributed by atoms with Gasteiger partial charge in [0.15, 0.2) is 0 Å². The Balaban J connectivity index is 1.14. The van der Waals surface area contributed by atoms with E-state index in [1.165, 1.54) is 44.1 Å². The van der Waals surface area contributed by atoms with Crippen LogP contribution < -0.4 is 0 Å². The summed E-state index contributed by atoms with van der Waals surface area (Å²) in [5.41, 5.74) is 11.9. The Morgan fingerprint density at radius 3 is 1.53 bits per heavy atom. The summed E-state index contributed by atoms with van der Waals surface area (Å²) < 4.78 is 14.7. The number of hydrogen-bond donors (Lipinski definition) is 0. The number of nitrogens with zero attached hydrogens (tertiary/aromatic N) is 1. The van der Waals surface area contributed by atoms with Gasteiger partial charge in [-0.3, -0.25) is 0 Å². The Bertz CT molecular complexity index is 2760. The number of benzene rings is 7. The SMILES string of the molecule is c1ccc2c(c1)oc1cccc(-c3ccc(-n4c5ccccc5c5cc(-c6cccc7oc8ccccc8c67)ccc54)cc3)c12. The molecule has 0 unspecified atom stereocenters. The summed E-state index contributed by atoms with van der Waals surface area (Å²) in [6, 6.07) is 53.7. The summed E-state index contributed by atoms with van der Waals surface area (Å²) in [5, 5.41) is 7.07. The van der Waals surface area contributed by atoms with Gasteiger partial charge in [-0.25, -0.2) is 0 Å². The molecule has 0 aliphatic carbocycles. The van der Waals surface area contributed by atoms with Crippen molar-refractivity contribution in [3.8, 4) is 27.9 Å². The first-order chi connectivity index (χ1) is 22.3. The summed E-state index contributed by atoms with van der Waals surface area (Å²) in [5.74, 6) is 0. The van der Waals surface area contributed by atoms with Crippen molar-refractivity contribution in [1.29, 1.82) is 0 Å². The molecule has 3 aromatic heterocycles. The van der Waals surface area contributed by atoms with Crippen LogP contribution in [0.2, 0.25) is 0 Å². The minimum absolute atomic E-state index is 0.912. The van der Waals surface area contributed by atoms with Crippen LogP contribution in [0.5, 0.6) is 0 Å². The zero-order valence-electron chi connectivity index (χ0n) is 24.2. The minimum Gasteiger partial charge on any atom is -0.456 e. The molecule has 0 atom stereocenters. The Kier molecular flexibility index (Phi) is 5.00. The van der Waals surface area contributed by atoms with E-state index in [4.69, 9.17) is 8.83 Å². The fraction of sp³-hybridized carbons (Fsp3) is 0. The largest absolute Gasteiger partial charge is 0.456 e.